The molecule has 0 aliphatic carbocycles. The number of carbonyl (C=O) groups is 3. The number of piperidine rings is 1. The van der Waals surface area contributed by atoms with Crippen LogP contribution in [0.2, 0.25) is 5.02 Å². The number of ether oxygens (including phenoxy) is 1. The molecule has 1 N–H and O–H groups in total. The Bertz CT molecular complexity index is 735. The fraction of sp³-hybridized carbons (Fsp3) is 0.526. The number of likely N-dealkylation sites (N-methyl/N-ethyl adjacent to an activating group) is 1. The lowest BCUT2D eigenvalue weighted by molar-refractivity contribution is -0.150. The van der Waals surface area contributed by atoms with Crippen LogP contribution in [-0.4, -0.2) is 73.1 Å². The summed E-state index contributed by atoms with van der Waals surface area (Å²) < 4.78 is 19.4. The quantitative estimate of drug-likeness (QED) is 0.603. The molecule has 0 saturated carbocycles. The molecule has 0 radical (unpaired) electrons. The predicted octanol–water partition coefficient (Wildman–Crippen LogP) is 2.28. The Kier molecular flexibility index (Phi) is 7.37. The first-order valence-electron chi connectivity index (χ1n) is 8.90. The molecule has 1 aromatic rings. The second-order valence-electron chi connectivity index (χ2n) is 7.30. The van der Waals surface area contributed by atoms with Crippen LogP contribution in [0.1, 0.15) is 29.6 Å². The van der Waals surface area contributed by atoms with Crippen molar-refractivity contribution in [3.05, 3.63) is 34.6 Å². The molecule has 2 fully saturated rings. The van der Waals surface area contributed by atoms with E-state index < -0.39 is 11.2 Å². The fourth-order valence-corrected chi connectivity index (χ4v) is 3.90. The lowest BCUT2D eigenvalue weighted by atomic mass is 9.76. The Balaban J connectivity index is 0.000000878. The van der Waals surface area contributed by atoms with E-state index in [1.165, 1.54) is 18.2 Å². The second kappa shape index (κ2) is 9.34. The van der Waals surface area contributed by atoms with E-state index in [1.54, 1.807) is 4.90 Å². The first kappa shape index (κ1) is 22.1. The summed E-state index contributed by atoms with van der Waals surface area (Å²) in [5, 5.41) is 7.21. The Morgan fingerprint density at radius 3 is 2.61 bits per heavy atom. The van der Waals surface area contributed by atoms with E-state index in [2.05, 4.69) is 0 Å². The third-order valence-corrected chi connectivity index (χ3v) is 5.30. The van der Waals surface area contributed by atoms with Gasteiger partial charge in [-0.2, -0.15) is 0 Å². The number of nitrogens with zero attached hydrogens (tertiary/aromatic N) is 2. The van der Waals surface area contributed by atoms with E-state index in [0.29, 0.717) is 43.9 Å². The summed E-state index contributed by atoms with van der Waals surface area (Å²) in [7, 11) is 3.89. The molecule has 0 aromatic heterocycles. The maximum Gasteiger partial charge on any atom is 0.312 e. The van der Waals surface area contributed by atoms with Crippen molar-refractivity contribution in [2.24, 2.45) is 5.41 Å². The Labute approximate surface area is 168 Å². The summed E-state index contributed by atoms with van der Waals surface area (Å²) in [6.07, 6.45) is 1.67. The SMILES string of the molecule is CN(C)CC1CC2(CCN(C(=O)c3cc(Cl)ccc3F)CC2)C(=O)O1.O=CO. The van der Waals surface area contributed by atoms with Gasteiger partial charge in [0.1, 0.15) is 11.9 Å². The molecule has 1 aromatic carbocycles. The average Bonchev–Trinajstić information content (AvgIpc) is 2.92. The minimum Gasteiger partial charge on any atom is -0.483 e. The number of amides is 1. The van der Waals surface area contributed by atoms with Crippen LogP contribution in [0.4, 0.5) is 4.39 Å². The second-order valence-corrected chi connectivity index (χ2v) is 7.73. The van der Waals surface area contributed by atoms with Crippen molar-refractivity contribution >= 4 is 29.9 Å². The van der Waals surface area contributed by atoms with Gasteiger partial charge in [0.25, 0.3) is 12.4 Å². The number of esters is 1. The van der Waals surface area contributed by atoms with Gasteiger partial charge in [0.15, 0.2) is 0 Å². The lowest BCUT2D eigenvalue weighted by Crippen LogP contribution is -2.45. The van der Waals surface area contributed by atoms with Crippen LogP contribution in [-0.2, 0) is 14.3 Å². The fourth-order valence-electron chi connectivity index (χ4n) is 3.72. The van der Waals surface area contributed by atoms with Crippen LogP contribution < -0.4 is 0 Å². The van der Waals surface area contributed by atoms with Gasteiger partial charge < -0.3 is 19.6 Å². The molecular weight excluding hydrogens is 391 g/mol. The third kappa shape index (κ3) is 4.99. The van der Waals surface area contributed by atoms with Crippen molar-refractivity contribution in [1.29, 1.82) is 0 Å². The highest BCUT2D eigenvalue weighted by Gasteiger charge is 2.50. The Hall–Kier alpha value is -2.19. The van der Waals surface area contributed by atoms with Crippen LogP contribution >= 0.6 is 11.6 Å². The number of carbonyl (C=O) groups excluding carboxylic acids is 2. The monoisotopic (exact) mass is 414 g/mol. The van der Waals surface area contributed by atoms with Gasteiger partial charge in [-0.25, -0.2) is 4.39 Å². The molecule has 2 aliphatic heterocycles. The van der Waals surface area contributed by atoms with E-state index in [1.807, 2.05) is 19.0 Å². The molecule has 28 heavy (non-hydrogen) atoms. The number of hydrogen-bond donors (Lipinski definition) is 1. The summed E-state index contributed by atoms with van der Waals surface area (Å²) in [6, 6.07) is 3.96. The molecule has 1 amide bonds. The van der Waals surface area contributed by atoms with Gasteiger partial charge in [0.05, 0.1) is 11.0 Å². The minimum absolute atomic E-state index is 0.0251. The maximum atomic E-state index is 13.9. The Morgan fingerprint density at radius 2 is 2.04 bits per heavy atom. The van der Waals surface area contributed by atoms with Crippen LogP contribution in [0.15, 0.2) is 18.2 Å². The number of carboxylic acid groups (broad SMARTS) is 1. The van der Waals surface area contributed by atoms with Crippen molar-refractivity contribution in [2.75, 3.05) is 33.7 Å². The zero-order valence-corrected chi connectivity index (χ0v) is 16.6. The molecule has 1 spiro atoms. The van der Waals surface area contributed by atoms with Gasteiger partial charge in [-0.05, 0) is 45.1 Å². The number of benzene rings is 1. The van der Waals surface area contributed by atoms with Crippen molar-refractivity contribution in [3.63, 3.8) is 0 Å². The molecule has 2 heterocycles. The van der Waals surface area contributed by atoms with Crippen molar-refractivity contribution in [2.45, 2.75) is 25.4 Å². The Morgan fingerprint density at radius 1 is 1.43 bits per heavy atom. The summed E-state index contributed by atoms with van der Waals surface area (Å²) in [6.45, 7) is 1.27. The maximum absolute atomic E-state index is 13.9. The molecule has 2 saturated heterocycles. The number of hydrogen-bond acceptors (Lipinski definition) is 5. The first-order valence-corrected chi connectivity index (χ1v) is 9.28. The molecule has 1 unspecified atom stereocenters. The van der Waals surface area contributed by atoms with Crippen molar-refractivity contribution in [1.82, 2.24) is 9.80 Å². The van der Waals surface area contributed by atoms with E-state index >= 15 is 0 Å². The molecule has 9 heteroatoms. The minimum atomic E-state index is -0.582. The van der Waals surface area contributed by atoms with Gasteiger partial charge in [0.2, 0.25) is 0 Å². The van der Waals surface area contributed by atoms with Crippen LogP contribution in [0.3, 0.4) is 0 Å². The summed E-state index contributed by atoms with van der Waals surface area (Å²) >= 11 is 5.87. The molecule has 3 rings (SSSR count). The van der Waals surface area contributed by atoms with E-state index in [0.717, 1.165) is 0 Å². The molecular formula is C19H24ClFN2O5. The molecule has 2 aliphatic rings. The van der Waals surface area contributed by atoms with E-state index in [9.17, 15) is 14.0 Å². The summed E-state index contributed by atoms with van der Waals surface area (Å²) in [4.78, 5) is 36.9. The third-order valence-electron chi connectivity index (χ3n) is 5.06. The van der Waals surface area contributed by atoms with Gasteiger partial charge in [-0.15, -0.1) is 0 Å². The molecule has 7 nitrogen and oxygen atoms in total. The number of rotatable bonds is 3. The van der Waals surface area contributed by atoms with E-state index in [-0.39, 0.29) is 30.0 Å². The number of halogens is 2. The highest BCUT2D eigenvalue weighted by Crippen LogP contribution is 2.43. The lowest BCUT2D eigenvalue weighted by Gasteiger charge is -2.36. The smallest absolute Gasteiger partial charge is 0.312 e. The summed E-state index contributed by atoms with van der Waals surface area (Å²) in [5.41, 5.74) is -0.535. The molecule has 1 atom stereocenters. The first-order chi connectivity index (χ1) is 13.2. The standard InChI is InChI=1S/C18H22ClFN2O3.CH2O2/c1-21(2)11-13-10-18(17(24)25-13)5-7-22(8-6-18)16(23)14-9-12(19)3-4-15(14)20;2-1-3/h3-4,9,13H,5-8,10-11H2,1-2H3;1H,(H,2,3). The van der Waals surface area contributed by atoms with Crippen molar-refractivity contribution < 1.29 is 28.6 Å². The van der Waals surface area contributed by atoms with Crippen LogP contribution in [0.25, 0.3) is 0 Å². The zero-order valence-electron chi connectivity index (χ0n) is 15.9. The van der Waals surface area contributed by atoms with Gasteiger partial charge >= 0.3 is 5.97 Å². The number of likely N-dealkylation sites (tertiary alicyclic amines) is 1. The largest absolute Gasteiger partial charge is 0.483 e. The van der Waals surface area contributed by atoms with Gasteiger partial charge in [-0.1, -0.05) is 11.6 Å². The predicted molar refractivity (Wildman–Crippen MR) is 101 cm³/mol. The van der Waals surface area contributed by atoms with Gasteiger partial charge in [0, 0.05) is 31.1 Å². The summed E-state index contributed by atoms with van der Waals surface area (Å²) in [5.74, 6) is -1.13. The molecule has 0 bridgehead atoms. The van der Waals surface area contributed by atoms with E-state index in [4.69, 9.17) is 26.2 Å². The molecule has 154 valence electrons. The average molecular weight is 415 g/mol. The van der Waals surface area contributed by atoms with Crippen LogP contribution in [0.5, 0.6) is 0 Å². The normalized spacial score (nSPS) is 20.5. The number of cyclic esters (lactones) is 1. The highest BCUT2D eigenvalue weighted by molar-refractivity contribution is 6.31. The highest BCUT2D eigenvalue weighted by atomic mass is 35.5. The topological polar surface area (TPSA) is 87.2 Å². The van der Waals surface area contributed by atoms with Gasteiger partial charge in [-0.3, -0.25) is 14.4 Å². The van der Waals surface area contributed by atoms with Crippen LogP contribution in [0, 0.1) is 11.2 Å². The zero-order chi connectivity index (χ0) is 20.9. The van der Waals surface area contributed by atoms with Crippen molar-refractivity contribution in [3.8, 4) is 0 Å².